The van der Waals surface area contributed by atoms with Crippen molar-refractivity contribution >= 4 is 33.6 Å². The van der Waals surface area contributed by atoms with Crippen LogP contribution in [0.2, 0.25) is 0 Å². The number of rotatable bonds is 3. The minimum absolute atomic E-state index is 0.00836. The third-order valence-electron chi connectivity index (χ3n) is 4.34. The van der Waals surface area contributed by atoms with Crippen LogP contribution in [0.15, 0.2) is 40.1 Å². The van der Waals surface area contributed by atoms with Crippen LogP contribution >= 0.6 is 15.9 Å². The highest BCUT2D eigenvalue weighted by molar-refractivity contribution is 9.10. The molecule has 0 radical (unpaired) electrons. The average molecular weight is 392 g/mol. The molecule has 0 amide bonds. The van der Waals surface area contributed by atoms with Crippen molar-refractivity contribution in [2.24, 2.45) is 5.92 Å². The molecule has 1 heterocycles. The lowest BCUT2D eigenvalue weighted by Crippen LogP contribution is -2.40. The van der Waals surface area contributed by atoms with Crippen molar-refractivity contribution in [1.82, 2.24) is 0 Å². The van der Waals surface area contributed by atoms with Gasteiger partial charge in [-0.25, -0.2) is 0 Å². The molecule has 2 unspecified atom stereocenters. The van der Waals surface area contributed by atoms with Gasteiger partial charge in [0, 0.05) is 28.8 Å². The lowest BCUT2D eigenvalue weighted by molar-refractivity contribution is -0.146. The number of Topliss-reactive ketones (excluding diaryl/α,β-unsaturated/α-hetero) is 1. The molecule has 0 spiro atoms. The number of ether oxygens (including phenoxy) is 2. The lowest BCUT2D eigenvalue weighted by atomic mass is 9.74. The van der Waals surface area contributed by atoms with Crippen LogP contribution in [0.5, 0.6) is 0 Å². The highest BCUT2D eigenvalue weighted by atomic mass is 79.9. The second-order valence-corrected chi connectivity index (χ2v) is 6.75. The van der Waals surface area contributed by atoms with Crippen molar-refractivity contribution < 1.29 is 19.1 Å². The monoisotopic (exact) mass is 391 g/mol. The quantitative estimate of drug-likeness (QED) is 0.796. The summed E-state index contributed by atoms with van der Waals surface area (Å²) in [6, 6.07) is 7.46. The zero-order valence-electron chi connectivity index (χ0n) is 13.3. The predicted octanol–water partition coefficient (Wildman–Crippen LogP) is 3.73. The van der Waals surface area contributed by atoms with Gasteiger partial charge in [0.25, 0.3) is 0 Å². The maximum Gasteiger partial charge on any atom is 0.319 e. The van der Waals surface area contributed by atoms with Gasteiger partial charge in [-0.05, 0) is 31.0 Å². The number of nitrogens with one attached hydrogen (secondary N) is 1. The molecule has 1 aromatic rings. The van der Waals surface area contributed by atoms with Crippen molar-refractivity contribution in [3.8, 4) is 0 Å². The molecule has 1 N–H and O–H groups in total. The summed E-state index contributed by atoms with van der Waals surface area (Å²) >= 11 is 3.39. The van der Waals surface area contributed by atoms with E-state index in [4.69, 9.17) is 14.9 Å². The molecule has 2 atom stereocenters. The minimum Gasteiger partial charge on any atom is -0.465 e. The predicted molar refractivity (Wildman–Crippen MR) is 91.7 cm³/mol. The van der Waals surface area contributed by atoms with Crippen molar-refractivity contribution in [2.75, 3.05) is 6.61 Å². The summed E-state index contributed by atoms with van der Waals surface area (Å²) in [5, 5.41) is 8.19. The van der Waals surface area contributed by atoms with Crippen LogP contribution in [-0.2, 0) is 19.1 Å². The standard InChI is InChI=1S/C18H18BrNO4/c1-2-23-18(22)16-14(10-6-8-11(19)9-7-10)15-12(21)4-3-5-13(15)24-17(16)20/h6-9,14,16,20H,2-5H2,1H3. The van der Waals surface area contributed by atoms with Gasteiger partial charge in [-0.2, -0.15) is 0 Å². The molecular formula is C18H18BrNO4. The molecule has 5 nitrogen and oxygen atoms in total. The Morgan fingerprint density at radius 1 is 1.33 bits per heavy atom. The highest BCUT2D eigenvalue weighted by Gasteiger charge is 2.46. The Balaban J connectivity index is 2.13. The smallest absolute Gasteiger partial charge is 0.319 e. The topological polar surface area (TPSA) is 76.5 Å². The number of esters is 1. The Kier molecular flexibility index (Phi) is 4.85. The lowest BCUT2D eigenvalue weighted by Gasteiger charge is -2.35. The number of allylic oxidation sites excluding steroid dienone is 2. The number of hydrogen-bond acceptors (Lipinski definition) is 5. The number of benzene rings is 1. The molecule has 0 aromatic heterocycles. The summed E-state index contributed by atoms with van der Waals surface area (Å²) in [5.74, 6) is -1.60. The minimum atomic E-state index is -0.924. The summed E-state index contributed by atoms with van der Waals surface area (Å²) in [4.78, 5) is 25.0. The van der Waals surface area contributed by atoms with Gasteiger partial charge in [-0.1, -0.05) is 28.1 Å². The van der Waals surface area contributed by atoms with Crippen LogP contribution in [0.4, 0.5) is 0 Å². The van der Waals surface area contributed by atoms with Crippen LogP contribution in [0.25, 0.3) is 0 Å². The number of carbonyl (C=O) groups is 2. The van der Waals surface area contributed by atoms with E-state index in [0.717, 1.165) is 10.0 Å². The van der Waals surface area contributed by atoms with Crippen LogP contribution in [0, 0.1) is 11.3 Å². The Hall–Kier alpha value is -1.95. The second-order valence-electron chi connectivity index (χ2n) is 5.84. The maximum atomic E-state index is 12.5. The van der Waals surface area contributed by atoms with Crippen molar-refractivity contribution in [2.45, 2.75) is 32.1 Å². The van der Waals surface area contributed by atoms with E-state index in [9.17, 15) is 9.59 Å². The van der Waals surface area contributed by atoms with Gasteiger partial charge in [-0.15, -0.1) is 0 Å². The largest absolute Gasteiger partial charge is 0.465 e. The first kappa shape index (κ1) is 16.9. The zero-order chi connectivity index (χ0) is 17.3. The first-order chi connectivity index (χ1) is 11.5. The van der Waals surface area contributed by atoms with Gasteiger partial charge >= 0.3 is 5.97 Å². The molecule has 0 bridgehead atoms. The zero-order valence-corrected chi connectivity index (χ0v) is 14.9. The van der Waals surface area contributed by atoms with E-state index < -0.39 is 17.8 Å². The second kappa shape index (κ2) is 6.89. The van der Waals surface area contributed by atoms with Crippen molar-refractivity contribution in [3.05, 3.63) is 45.6 Å². The van der Waals surface area contributed by atoms with Crippen molar-refractivity contribution in [1.29, 1.82) is 5.41 Å². The number of hydrogen-bond donors (Lipinski definition) is 1. The fraction of sp³-hybridized carbons (Fsp3) is 0.389. The van der Waals surface area contributed by atoms with Crippen LogP contribution in [-0.4, -0.2) is 24.3 Å². The molecule has 1 aliphatic carbocycles. The van der Waals surface area contributed by atoms with Crippen molar-refractivity contribution in [3.63, 3.8) is 0 Å². The SMILES string of the molecule is CCOC(=O)C1C(=N)OC2=C(C(=O)CCC2)C1c1ccc(Br)cc1. The van der Waals surface area contributed by atoms with Crippen LogP contribution in [0.3, 0.4) is 0 Å². The highest BCUT2D eigenvalue weighted by Crippen LogP contribution is 2.44. The Morgan fingerprint density at radius 2 is 2.04 bits per heavy atom. The summed E-state index contributed by atoms with van der Waals surface area (Å²) in [6.45, 7) is 1.94. The van der Waals surface area contributed by atoms with Gasteiger partial charge < -0.3 is 9.47 Å². The number of carbonyl (C=O) groups excluding carboxylic acids is 2. The molecule has 1 aliphatic heterocycles. The molecule has 6 heteroatoms. The fourth-order valence-corrected chi connectivity index (χ4v) is 3.57. The van der Waals surface area contributed by atoms with Crippen LogP contribution in [0.1, 0.15) is 37.7 Å². The maximum absolute atomic E-state index is 12.5. The van der Waals surface area contributed by atoms with Gasteiger partial charge in [0.15, 0.2) is 5.78 Å². The van der Waals surface area contributed by atoms with Gasteiger partial charge in [0.2, 0.25) is 5.90 Å². The van der Waals surface area contributed by atoms with E-state index >= 15 is 0 Å². The Bertz CT molecular complexity index is 723. The molecule has 0 saturated carbocycles. The Morgan fingerprint density at radius 3 is 2.71 bits per heavy atom. The number of ketones is 1. The molecule has 1 aromatic carbocycles. The Labute approximate surface area is 148 Å². The normalized spacial score (nSPS) is 23.6. The van der Waals surface area contributed by atoms with E-state index in [1.807, 2.05) is 24.3 Å². The van der Waals surface area contributed by atoms with E-state index in [-0.39, 0.29) is 18.3 Å². The molecule has 24 heavy (non-hydrogen) atoms. The van der Waals surface area contributed by atoms with Gasteiger partial charge in [0.05, 0.1) is 6.61 Å². The molecule has 126 valence electrons. The summed E-state index contributed by atoms with van der Waals surface area (Å²) in [5.41, 5.74) is 1.34. The van der Waals surface area contributed by atoms with E-state index in [2.05, 4.69) is 15.9 Å². The first-order valence-corrected chi connectivity index (χ1v) is 8.76. The van der Waals surface area contributed by atoms with Crippen LogP contribution < -0.4 is 0 Å². The van der Waals surface area contributed by atoms with Gasteiger partial charge in [-0.3, -0.25) is 15.0 Å². The number of halogens is 1. The third kappa shape index (κ3) is 3.02. The molecule has 0 saturated heterocycles. The molecule has 2 aliphatic rings. The first-order valence-electron chi connectivity index (χ1n) is 7.97. The molecule has 3 rings (SSSR count). The molecule has 0 fully saturated rings. The van der Waals surface area contributed by atoms with Gasteiger partial charge in [0.1, 0.15) is 11.7 Å². The summed E-state index contributed by atoms with van der Waals surface area (Å²) in [6.07, 6.45) is 1.77. The average Bonchev–Trinajstić information content (AvgIpc) is 2.55. The molecular weight excluding hydrogens is 374 g/mol. The van der Waals surface area contributed by atoms with E-state index in [0.29, 0.717) is 30.6 Å². The van der Waals surface area contributed by atoms with E-state index in [1.54, 1.807) is 6.92 Å². The third-order valence-corrected chi connectivity index (χ3v) is 4.87. The summed E-state index contributed by atoms with van der Waals surface area (Å²) in [7, 11) is 0. The summed E-state index contributed by atoms with van der Waals surface area (Å²) < 4.78 is 11.6. The fourth-order valence-electron chi connectivity index (χ4n) is 3.31. The van der Waals surface area contributed by atoms with E-state index in [1.165, 1.54) is 0 Å².